The molecule has 1 unspecified atom stereocenters. The molecule has 8 rings (SSSR count). The van der Waals surface area contributed by atoms with E-state index in [0.717, 1.165) is 106 Å². The summed E-state index contributed by atoms with van der Waals surface area (Å²) >= 11 is 6.16. The van der Waals surface area contributed by atoms with Crippen molar-refractivity contribution in [2.24, 2.45) is 11.8 Å². The standard InChI is InChI=1S/C45H46ClN5O6/c46-40-26-37(9-5-32(40)27-47)57-36-12-10-35(11-13-36)56-34-7-3-29(4-8-34)1-2-30-17-21-49(22-18-30)28-31-19-23-50(24-20-31)33-6-14-38-39(25-33)45(55)51(44(38)54)41-15-16-42(52)48-43(41)53/h3-9,14,25-26,30-31,35-36,41H,10-13,15-24,28H2,(H,48,52,53). The molecule has 4 amide bonds. The summed E-state index contributed by atoms with van der Waals surface area (Å²) in [5.74, 6) is 7.54. The third-order valence-electron chi connectivity index (χ3n) is 12.1. The Labute approximate surface area is 338 Å². The van der Waals surface area contributed by atoms with E-state index >= 15 is 0 Å². The number of carbonyl (C=O) groups is 4. The lowest BCUT2D eigenvalue weighted by Crippen LogP contribution is -2.54. The number of imide groups is 2. The van der Waals surface area contributed by atoms with Crippen molar-refractivity contribution in [2.75, 3.05) is 37.6 Å². The molecule has 0 bridgehead atoms. The normalized spacial score (nSPS) is 23.3. The molecule has 57 heavy (non-hydrogen) atoms. The van der Waals surface area contributed by atoms with Crippen LogP contribution in [0.2, 0.25) is 5.02 Å². The van der Waals surface area contributed by atoms with Crippen LogP contribution in [0.3, 0.4) is 0 Å². The predicted octanol–water partition coefficient (Wildman–Crippen LogP) is 6.36. The molecule has 4 aliphatic heterocycles. The molecule has 0 aromatic heterocycles. The van der Waals surface area contributed by atoms with Crippen molar-refractivity contribution < 1.29 is 28.7 Å². The molecular formula is C45H46ClN5O6. The molecular weight excluding hydrogens is 742 g/mol. The van der Waals surface area contributed by atoms with Gasteiger partial charge in [0.1, 0.15) is 23.6 Å². The van der Waals surface area contributed by atoms with Crippen LogP contribution in [0.15, 0.2) is 60.7 Å². The number of carbonyl (C=O) groups excluding carboxylic acids is 4. The summed E-state index contributed by atoms with van der Waals surface area (Å²) in [5, 5.41) is 11.7. The number of benzene rings is 3. The maximum absolute atomic E-state index is 13.3. The second kappa shape index (κ2) is 17.0. The third-order valence-corrected chi connectivity index (χ3v) is 12.4. The highest BCUT2D eigenvalue weighted by Gasteiger charge is 2.45. The molecule has 3 saturated heterocycles. The van der Waals surface area contributed by atoms with Gasteiger partial charge < -0.3 is 19.3 Å². The Morgan fingerprint density at radius 1 is 0.737 bits per heavy atom. The molecule has 11 nitrogen and oxygen atoms in total. The highest BCUT2D eigenvalue weighted by atomic mass is 35.5. The summed E-state index contributed by atoms with van der Waals surface area (Å²) in [7, 11) is 0. The highest BCUT2D eigenvalue weighted by molar-refractivity contribution is 6.31. The zero-order chi connectivity index (χ0) is 39.5. The summed E-state index contributed by atoms with van der Waals surface area (Å²) in [4.78, 5) is 56.3. The largest absolute Gasteiger partial charge is 0.490 e. The van der Waals surface area contributed by atoms with Crippen molar-refractivity contribution >= 4 is 40.9 Å². The monoisotopic (exact) mass is 787 g/mol. The third kappa shape index (κ3) is 8.81. The lowest BCUT2D eigenvalue weighted by molar-refractivity contribution is -0.136. The lowest BCUT2D eigenvalue weighted by atomic mass is 9.92. The molecule has 4 fully saturated rings. The quantitative estimate of drug-likeness (QED) is 0.205. The number of likely N-dealkylation sites (tertiary alicyclic amines) is 1. The summed E-state index contributed by atoms with van der Waals surface area (Å²) in [6.07, 6.45) is 8.35. The first-order chi connectivity index (χ1) is 27.7. The zero-order valence-electron chi connectivity index (χ0n) is 31.9. The average molecular weight is 788 g/mol. The summed E-state index contributed by atoms with van der Waals surface area (Å²) in [5.41, 5.74) is 3.00. The van der Waals surface area contributed by atoms with Crippen LogP contribution in [0.4, 0.5) is 5.69 Å². The molecule has 294 valence electrons. The van der Waals surface area contributed by atoms with Crippen LogP contribution in [-0.2, 0) is 9.59 Å². The van der Waals surface area contributed by atoms with E-state index in [1.807, 2.05) is 30.3 Å². The summed E-state index contributed by atoms with van der Waals surface area (Å²) < 4.78 is 12.4. The van der Waals surface area contributed by atoms with Crippen molar-refractivity contribution in [1.29, 1.82) is 5.26 Å². The average Bonchev–Trinajstić information content (AvgIpc) is 3.47. The van der Waals surface area contributed by atoms with Gasteiger partial charge in [0, 0.05) is 49.3 Å². The van der Waals surface area contributed by atoms with Crippen LogP contribution in [0.1, 0.15) is 96.1 Å². The second-order valence-corrected chi connectivity index (χ2v) is 16.3. The number of anilines is 1. The first-order valence-corrected chi connectivity index (χ1v) is 20.6. The van der Waals surface area contributed by atoms with Gasteiger partial charge in [-0.25, -0.2) is 0 Å². The first kappa shape index (κ1) is 38.5. The molecule has 3 aromatic rings. The number of nitriles is 1. The van der Waals surface area contributed by atoms with Crippen molar-refractivity contribution in [1.82, 2.24) is 15.1 Å². The Hall–Kier alpha value is -5.36. The van der Waals surface area contributed by atoms with Gasteiger partial charge in [-0.3, -0.25) is 29.4 Å². The van der Waals surface area contributed by atoms with Gasteiger partial charge in [-0.05, 0) is 131 Å². The number of rotatable bonds is 8. The zero-order valence-corrected chi connectivity index (χ0v) is 32.6. The van der Waals surface area contributed by atoms with E-state index in [1.165, 1.54) is 0 Å². The number of halogens is 1. The minimum Gasteiger partial charge on any atom is -0.490 e. The van der Waals surface area contributed by atoms with E-state index in [-0.39, 0.29) is 31.0 Å². The van der Waals surface area contributed by atoms with Gasteiger partial charge in [-0.1, -0.05) is 23.4 Å². The van der Waals surface area contributed by atoms with E-state index in [9.17, 15) is 19.2 Å². The van der Waals surface area contributed by atoms with Gasteiger partial charge in [0.25, 0.3) is 11.8 Å². The van der Waals surface area contributed by atoms with Crippen LogP contribution in [0.5, 0.6) is 11.5 Å². The van der Waals surface area contributed by atoms with E-state index in [2.05, 4.69) is 33.0 Å². The molecule has 1 atom stereocenters. The number of nitrogens with zero attached hydrogens (tertiary/aromatic N) is 4. The maximum Gasteiger partial charge on any atom is 0.262 e. The molecule has 1 N–H and O–H groups in total. The van der Waals surface area contributed by atoms with Crippen molar-refractivity contribution in [3.8, 4) is 29.4 Å². The van der Waals surface area contributed by atoms with Crippen molar-refractivity contribution in [3.05, 3.63) is 87.9 Å². The number of piperidine rings is 3. The van der Waals surface area contributed by atoms with Crippen molar-refractivity contribution in [3.63, 3.8) is 0 Å². The number of nitrogens with one attached hydrogen (secondary N) is 1. The van der Waals surface area contributed by atoms with Crippen LogP contribution in [0, 0.1) is 35.0 Å². The fraction of sp³-hybridized carbons (Fsp3) is 0.444. The molecule has 4 heterocycles. The molecule has 5 aliphatic rings. The number of amides is 4. The van der Waals surface area contributed by atoms with Gasteiger partial charge >= 0.3 is 0 Å². The Kier molecular flexibility index (Phi) is 11.5. The molecule has 0 radical (unpaired) electrons. The highest BCUT2D eigenvalue weighted by Crippen LogP contribution is 2.33. The molecule has 1 saturated carbocycles. The van der Waals surface area contributed by atoms with E-state index in [0.29, 0.717) is 39.3 Å². The van der Waals surface area contributed by atoms with Gasteiger partial charge in [0.05, 0.1) is 33.9 Å². The van der Waals surface area contributed by atoms with Crippen molar-refractivity contribution in [2.45, 2.75) is 82.5 Å². The fourth-order valence-corrected chi connectivity index (χ4v) is 8.98. The predicted molar refractivity (Wildman–Crippen MR) is 214 cm³/mol. The van der Waals surface area contributed by atoms with Crippen LogP contribution in [-0.4, -0.2) is 84.4 Å². The van der Waals surface area contributed by atoms with E-state index in [4.69, 9.17) is 26.3 Å². The molecule has 1 aliphatic carbocycles. The number of fused-ring (bicyclic) bond motifs is 1. The smallest absolute Gasteiger partial charge is 0.262 e. The minimum atomic E-state index is -0.959. The van der Waals surface area contributed by atoms with Gasteiger partial charge in [-0.2, -0.15) is 5.26 Å². The van der Waals surface area contributed by atoms with Gasteiger partial charge in [0.2, 0.25) is 11.8 Å². The van der Waals surface area contributed by atoms with Crippen LogP contribution >= 0.6 is 11.6 Å². The Morgan fingerprint density at radius 2 is 1.40 bits per heavy atom. The maximum atomic E-state index is 13.3. The first-order valence-electron chi connectivity index (χ1n) is 20.2. The molecule has 12 heteroatoms. The fourth-order valence-electron chi connectivity index (χ4n) is 8.77. The molecule has 3 aromatic carbocycles. The topological polar surface area (TPSA) is 132 Å². The van der Waals surface area contributed by atoms with Gasteiger partial charge in [0.15, 0.2) is 0 Å². The minimum absolute atomic E-state index is 0.102. The molecule has 0 spiro atoms. The number of ether oxygens (including phenoxy) is 2. The number of hydrogen-bond acceptors (Lipinski definition) is 9. The SMILES string of the molecule is N#Cc1ccc(OC2CCC(Oc3ccc(C#CC4CCN(CC5CCN(c6ccc7c(c6)C(=O)N(C6CCC(=O)NC6=O)C7=O)CC5)CC4)cc3)CC2)cc1Cl. The van der Waals surface area contributed by atoms with Crippen LogP contribution < -0.4 is 19.7 Å². The van der Waals surface area contributed by atoms with Crippen LogP contribution in [0.25, 0.3) is 0 Å². The van der Waals surface area contributed by atoms with E-state index < -0.39 is 23.8 Å². The lowest BCUT2D eigenvalue weighted by Gasteiger charge is -2.38. The summed E-state index contributed by atoms with van der Waals surface area (Å²) in [6.45, 7) is 4.92. The Morgan fingerprint density at radius 3 is 2.07 bits per heavy atom. The summed E-state index contributed by atoms with van der Waals surface area (Å²) in [6, 6.07) is 19.8. The van der Waals surface area contributed by atoms with Gasteiger partial charge in [-0.15, -0.1) is 0 Å². The number of hydrogen-bond donors (Lipinski definition) is 1. The Bertz CT molecular complexity index is 2130. The Balaban J connectivity index is 0.742. The van der Waals surface area contributed by atoms with E-state index in [1.54, 1.807) is 30.3 Å². The second-order valence-electron chi connectivity index (χ2n) is 15.9.